The number of carbonyl (C=O) groups excluding carboxylic acids is 1. The first-order valence-corrected chi connectivity index (χ1v) is 9.64. The van der Waals surface area contributed by atoms with Crippen molar-refractivity contribution in [2.24, 2.45) is 0 Å². The summed E-state index contributed by atoms with van der Waals surface area (Å²) in [4.78, 5) is 22.7. The zero-order valence-electron chi connectivity index (χ0n) is 15.8. The molecular weight excluding hydrogens is 366 g/mol. The maximum Gasteiger partial charge on any atom is 0.272 e. The average Bonchev–Trinajstić information content (AvgIpc) is 3.42. The van der Waals surface area contributed by atoms with Gasteiger partial charge in [0.2, 0.25) is 0 Å². The van der Waals surface area contributed by atoms with Crippen molar-refractivity contribution in [2.45, 2.75) is 0 Å². The Balaban J connectivity index is 1.37. The van der Waals surface area contributed by atoms with Crippen molar-refractivity contribution in [1.82, 2.24) is 25.1 Å². The Labute approximate surface area is 167 Å². The third-order valence-electron chi connectivity index (χ3n) is 5.03. The molecule has 29 heavy (non-hydrogen) atoms. The molecule has 3 N–H and O–H groups in total. The number of benzene rings is 1. The van der Waals surface area contributed by atoms with E-state index in [2.05, 4.69) is 30.6 Å². The van der Waals surface area contributed by atoms with Gasteiger partial charge in [-0.2, -0.15) is 5.10 Å². The topological polar surface area (TPSA) is 90.9 Å². The third-order valence-corrected chi connectivity index (χ3v) is 5.03. The second-order valence-electron chi connectivity index (χ2n) is 6.96. The molecular formula is C21H21N7O. The van der Waals surface area contributed by atoms with Crippen molar-refractivity contribution in [2.75, 3.05) is 36.4 Å². The molecule has 1 amide bonds. The molecule has 0 aliphatic carbocycles. The SMILES string of the molecule is O=C(Nc1cccnc1N1CCNCC1)c1ccc(-n2cc3ccccc3n2)[nH]1. The predicted octanol–water partition coefficient (Wildman–Crippen LogP) is 2.41. The zero-order chi connectivity index (χ0) is 19.6. The zero-order valence-corrected chi connectivity index (χ0v) is 15.8. The lowest BCUT2D eigenvalue weighted by molar-refractivity contribution is 0.102. The van der Waals surface area contributed by atoms with Crippen molar-refractivity contribution in [3.8, 4) is 5.82 Å². The van der Waals surface area contributed by atoms with E-state index >= 15 is 0 Å². The molecule has 1 fully saturated rings. The summed E-state index contributed by atoms with van der Waals surface area (Å²) in [7, 11) is 0. The summed E-state index contributed by atoms with van der Waals surface area (Å²) in [5.41, 5.74) is 2.08. The summed E-state index contributed by atoms with van der Waals surface area (Å²) < 4.78 is 1.75. The maximum absolute atomic E-state index is 12.8. The van der Waals surface area contributed by atoms with Crippen LogP contribution in [-0.2, 0) is 0 Å². The van der Waals surface area contributed by atoms with Crippen molar-refractivity contribution >= 4 is 28.3 Å². The van der Waals surface area contributed by atoms with Crippen LogP contribution in [0.3, 0.4) is 0 Å². The smallest absolute Gasteiger partial charge is 0.272 e. The number of amides is 1. The van der Waals surface area contributed by atoms with Gasteiger partial charge in [-0.15, -0.1) is 0 Å². The molecule has 146 valence electrons. The number of anilines is 2. The number of pyridine rings is 1. The molecule has 0 atom stereocenters. The monoisotopic (exact) mass is 387 g/mol. The van der Waals surface area contributed by atoms with Crippen LogP contribution in [0.2, 0.25) is 0 Å². The molecule has 5 rings (SSSR count). The van der Waals surface area contributed by atoms with Crippen LogP contribution >= 0.6 is 0 Å². The first kappa shape index (κ1) is 17.4. The molecule has 0 spiro atoms. The summed E-state index contributed by atoms with van der Waals surface area (Å²) >= 11 is 0. The number of carbonyl (C=O) groups is 1. The summed E-state index contributed by atoms with van der Waals surface area (Å²) in [6, 6.07) is 15.2. The molecule has 0 bridgehead atoms. The van der Waals surface area contributed by atoms with Crippen LogP contribution in [0.1, 0.15) is 10.5 Å². The number of nitrogens with one attached hydrogen (secondary N) is 3. The minimum Gasteiger partial charge on any atom is -0.352 e. The molecule has 0 unspecified atom stereocenters. The average molecular weight is 387 g/mol. The molecule has 4 aromatic rings. The van der Waals surface area contributed by atoms with Crippen molar-refractivity contribution < 1.29 is 4.79 Å². The number of aromatic nitrogens is 4. The van der Waals surface area contributed by atoms with Crippen molar-refractivity contribution in [3.63, 3.8) is 0 Å². The number of rotatable bonds is 4. The Hall–Kier alpha value is -3.65. The molecule has 8 nitrogen and oxygen atoms in total. The second-order valence-corrected chi connectivity index (χ2v) is 6.96. The van der Waals surface area contributed by atoms with E-state index in [0.29, 0.717) is 11.4 Å². The normalized spacial score (nSPS) is 14.3. The quantitative estimate of drug-likeness (QED) is 0.500. The molecule has 1 aromatic carbocycles. The van der Waals surface area contributed by atoms with E-state index in [1.165, 1.54) is 0 Å². The van der Waals surface area contributed by atoms with Crippen molar-refractivity contribution in [1.29, 1.82) is 0 Å². The van der Waals surface area contributed by atoms with E-state index < -0.39 is 0 Å². The third kappa shape index (κ3) is 3.45. The van der Waals surface area contributed by atoms with E-state index in [1.807, 2.05) is 48.7 Å². The van der Waals surface area contributed by atoms with Crippen LogP contribution in [0.25, 0.3) is 16.7 Å². The molecule has 1 aliphatic heterocycles. The Morgan fingerprint density at radius 1 is 1.03 bits per heavy atom. The first-order valence-electron chi connectivity index (χ1n) is 9.64. The van der Waals surface area contributed by atoms with Crippen molar-refractivity contribution in [3.05, 3.63) is 66.6 Å². The number of piperazine rings is 1. The highest BCUT2D eigenvalue weighted by atomic mass is 16.1. The van der Waals surface area contributed by atoms with Gasteiger partial charge in [-0.1, -0.05) is 18.2 Å². The minimum absolute atomic E-state index is 0.211. The first-order chi connectivity index (χ1) is 14.3. The standard InChI is InChI=1S/C21H21N7O/c29-21(25-17-6-3-9-23-20(17)27-12-10-22-11-13-27)18-7-8-19(24-18)28-14-15-4-1-2-5-16(15)26-28/h1-9,14,22,24H,10-13H2,(H,25,29). The molecule has 8 heteroatoms. The van der Waals surface area contributed by atoms with E-state index in [9.17, 15) is 4.79 Å². The van der Waals surface area contributed by atoms with E-state index in [-0.39, 0.29) is 5.91 Å². The minimum atomic E-state index is -0.211. The largest absolute Gasteiger partial charge is 0.352 e. The number of hydrogen-bond donors (Lipinski definition) is 3. The van der Waals surface area contributed by atoms with Gasteiger partial charge in [-0.05, 0) is 30.3 Å². The Morgan fingerprint density at radius 2 is 1.90 bits per heavy atom. The fourth-order valence-electron chi connectivity index (χ4n) is 3.55. The number of H-pyrrole nitrogens is 1. The number of nitrogens with zero attached hydrogens (tertiary/aromatic N) is 4. The lowest BCUT2D eigenvalue weighted by atomic mass is 10.3. The number of fused-ring (bicyclic) bond motifs is 1. The van der Waals surface area contributed by atoms with Gasteiger partial charge in [0.25, 0.3) is 5.91 Å². The summed E-state index contributed by atoms with van der Waals surface area (Å²) in [6.07, 6.45) is 3.69. The number of hydrogen-bond acceptors (Lipinski definition) is 5. The van der Waals surface area contributed by atoms with Crippen LogP contribution in [-0.4, -0.2) is 51.8 Å². The Kier molecular flexibility index (Phi) is 4.45. The van der Waals surface area contributed by atoms with E-state index in [4.69, 9.17) is 0 Å². The van der Waals surface area contributed by atoms with Gasteiger partial charge in [-0.25, -0.2) is 9.67 Å². The summed E-state index contributed by atoms with van der Waals surface area (Å²) in [6.45, 7) is 3.53. The molecule has 3 aromatic heterocycles. The highest BCUT2D eigenvalue weighted by Crippen LogP contribution is 2.24. The second kappa shape index (κ2) is 7.40. The van der Waals surface area contributed by atoms with E-state index in [1.54, 1.807) is 16.9 Å². The fourth-order valence-corrected chi connectivity index (χ4v) is 3.55. The van der Waals surface area contributed by atoms with Crippen LogP contribution in [0.4, 0.5) is 11.5 Å². The predicted molar refractivity (Wildman–Crippen MR) is 113 cm³/mol. The van der Waals surface area contributed by atoms with Gasteiger partial charge in [0, 0.05) is 44.0 Å². The van der Waals surface area contributed by atoms with Gasteiger partial charge in [0.15, 0.2) is 5.82 Å². The van der Waals surface area contributed by atoms with Crippen LogP contribution in [0.5, 0.6) is 0 Å². The fraction of sp³-hybridized carbons (Fsp3) is 0.190. The van der Waals surface area contributed by atoms with Gasteiger partial charge in [0.05, 0.1) is 11.2 Å². The molecule has 0 saturated carbocycles. The molecule has 1 aliphatic rings. The molecule has 4 heterocycles. The van der Waals surface area contributed by atoms with Gasteiger partial charge in [-0.3, -0.25) is 4.79 Å². The maximum atomic E-state index is 12.8. The Bertz CT molecular complexity index is 1120. The Morgan fingerprint density at radius 3 is 2.76 bits per heavy atom. The lowest BCUT2D eigenvalue weighted by Crippen LogP contribution is -2.44. The molecule has 1 saturated heterocycles. The summed E-state index contributed by atoms with van der Waals surface area (Å²) in [5, 5.41) is 11.9. The van der Waals surface area contributed by atoms with Crippen LogP contribution in [0.15, 0.2) is 60.9 Å². The highest BCUT2D eigenvalue weighted by molar-refractivity contribution is 6.04. The van der Waals surface area contributed by atoms with Gasteiger partial charge < -0.3 is 20.5 Å². The van der Waals surface area contributed by atoms with Gasteiger partial charge in [0.1, 0.15) is 11.5 Å². The van der Waals surface area contributed by atoms with Crippen LogP contribution in [0, 0.1) is 0 Å². The van der Waals surface area contributed by atoms with Gasteiger partial charge >= 0.3 is 0 Å². The lowest BCUT2D eigenvalue weighted by Gasteiger charge is -2.29. The highest BCUT2D eigenvalue weighted by Gasteiger charge is 2.18. The molecule has 0 radical (unpaired) electrons. The number of aromatic amines is 1. The van der Waals surface area contributed by atoms with E-state index in [0.717, 1.165) is 48.7 Å². The summed E-state index contributed by atoms with van der Waals surface area (Å²) in [5.74, 6) is 1.32. The van der Waals surface area contributed by atoms with Crippen LogP contribution < -0.4 is 15.5 Å².